The molecule has 0 spiro atoms. The van der Waals surface area contributed by atoms with E-state index in [9.17, 15) is 88.4 Å². The normalized spacial score (nSPS) is 31.8. The number of hydrogen-bond donors (Lipinski definition) is 15. The Morgan fingerprint density at radius 1 is 0.455 bits per heavy atom. The first-order valence-electron chi connectivity index (χ1n) is 42.3. The molecule has 9 aliphatic rings. The van der Waals surface area contributed by atoms with Crippen molar-refractivity contribution in [2.45, 2.75) is 167 Å². The van der Waals surface area contributed by atoms with Crippen LogP contribution in [0.5, 0.6) is 0 Å². The lowest BCUT2D eigenvalue weighted by molar-refractivity contribution is -0.147. The zero-order valence-corrected chi connectivity index (χ0v) is 88.3. The first-order chi connectivity index (χ1) is 67.6. The van der Waals surface area contributed by atoms with Crippen LogP contribution >= 0.6 is 52.6 Å². The van der Waals surface area contributed by atoms with Crippen molar-refractivity contribution in [1.29, 1.82) is 0 Å². The third-order valence-electron chi connectivity index (χ3n) is 25.2. The number of rotatable bonds is 38. The van der Waals surface area contributed by atoms with E-state index in [-0.39, 0.29) is 74.2 Å². The number of H-pyrrole nitrogens is 4. The van der Waals surface area contributed by atoms with Crippen molar-refractivity contribution in [2.75, 3.05) is 108 Å². The molecular weight excluding hydrogens is 2240 g/mol. The molecule has 0 aliphatic carbocycles. The Balaban J connectivity index is 0.629. The highest BCUT2D eigenvalue weighted by Gasteiger charge is 2.73. The number of sulfonamides is 3. The van der Waals surface area contributed by atoms with Crippen molar-refractivity contribution in [3.8, 4) is 0 Å². The number of aromatic amines is 4. The number of hydrogen-bond acceptors (Lipinski definition) is 50. The minimum atomic E-state index is -5.46. The third-order valence-corrected chi connectivity index (χ3v) is 38.4. The number of nitrogens with zero attached hydrogens (tertiary/aromatic N) is 17. The van der Waals surface area contributed by atoms with Gasteiger partial charge in [-0.15, -0.1) is 0 Å². The summed E-state index contributed by atoms with van der Waals surface area (Å²) in [6, 6.07) is -5.30. The lowest BCUT2D eigenvalue weighted by atomic mass is 10.0. The van der Waals surface area contributed by atoms with Crippen molar-refractivity contribution in [2.24, 2.45) is 0 Å². The second kappa shape index (κ2) is 39.1. The van der Waals surface area contributed by atoms with Gasteiger partial charge < -0.3 is 126 Å². The molecule has 78 heteroatoms. The number of imidazole rings is 3. The average molecular weight is 2330 g/mol. The molecule has 0 aromatic carbocycles. The van der Waals surface area contributed by atoms with Gasteiger partial charge in [0.2, 0.25) is 42.0 Å². The van der Waals surface area contributed by atoms with Gasteiger partial charge in [-0.05, 0) is 79.8 Å². The summed E-state index contributed by atoms with van der Waals surface area (Å²) in [5.74, 6) is -1.26. The van der Waals surface area contributed by atoms with Gasteiger partial charge >= 0.3 is 57.5 Å². The second-order valence-electron chi connectivity index (χ2n) is 34.9. The van der Waals surface area contributed by atoms with Crippen LogP contribution < -0.4 is 62.2 Å². The van der Waals surface area contributed by atoms with E-state index in [0.717, 1.165) is 94.8 Å². The van der Waals surface area contributed by atoms with Crippen LogP contribution in [0.25, 0.3) is 33.5 Å². The number of fused-ring (bicyclic) bond motifs is 9. The Labute approximate surface area is 844 Å². The van der Waals surface area contributed by atoms with Crippen LogP contribution in [0.2, 0.25) is 0 Å². The smallest absolute Gasteiger partial charge is 0.386 e. The molecule has 18 heterocycles. The maximum Gasteiger partial charge on any atom is 0.386 e. The number of anilines is 4. The maximum absolute atomic E-state index is 15.9. The fraction of sp³-hybridized carbons (Fsp3) is 0.597. The quantitative estimate of drug-likeness (QED) is 0.0128. The molecule has 9 saturated heterocycles. The van der Waals surface area contributed by atoms with Gasteiger partial charge in [-0.3, -0.25) is 75.6 Å². The Kier molecular flexibility index (Phi) is 29.2. The van der Waals surface area contributed by atoms with Crippen molar-refractivity contribution < 1.29 is 142 Å². The van der Waals surface area contributed by atoms with E-state index in [1.165, 1.54) is 36.1 Å². The molecule has 0 saturated carbocycles. The highest BCUT2D eigenvalue weighted by molar-refractivity contribution is 8.44. The van der Waals surface area contributed by atoms with Crippen LogP contribution in [-0.4, -0.2) is 330 Å². The Morgan fingerprint density at radius 2 is 0.828 bits per heavy atom. The molecule has 6 bridgehead atoms. The van der Waals surface area contributed by atoms with Gasteiger partial charge in [0.25, 0.3) is 22.2 Å². The minimum absolute atomic E-state index is 0.0244. The fourth-order valence-corrected chi connectivity index (χ4v) is 30.4. The number of ether oxygens (including phenoxy) is 6. The Morgan fingerprint density at radius 3 is 1.28 bits per heavy atom. The van der Waals surface area contributed by atoms with Gasteiger partial charge in [0.1, 0.15) is 95.8 Å². The highest BCUT2D eigenvalue weighted by Crippen LogP contribution is 2.66. The van der Waals surface area contributed by atoms with Crippen LogP contribution in [0, 0.1) is 20.8 Å². The summed E-state index contributed by atoms with van der Waals surface area (Å²) in [5.41, 5.74) is 10.1. The van der Waals surface area contributed by atoms with Gasteiger partial charge in [0.05, 0.1) is 108 Å². The number of thiol groups is 1. The van der Waals surface area contributed by atoms with Crippen LogP contribution in [-0.2, 0) is 176 Å². The summed E-state index contributed by atoms with van der Waals surface area (Å²) < 4.78 is 221. The Bertz CT molecular complexity index is 7880. The minimum Gasteiger partial charge on any atom is -0.393 e. The summed E-state index contributed by atoms with van der Waals surface area (Å²) in [4.78, 5) is 194. The van der Waals surface area contributed by atoms with E-state index in [1.54, 1.807) is 0 Å². The summed E-state index contributed by atoms with van der Waals surface area (Å²) >= 11 is 32.3. The monoisotopic (exact) mass is 2330 g/mol. The molecular formula is C67H89N25O38P6S9. The summed E-state index contributed by atoms with van der Waals surface area (Å²) in [7, 11) is -12.5. The predicted octanol–water partition coefficient (Wildman–Crippen LogP) is -4.54. The van der Waals surface area contributed by atoms with Gasteiger partial charge in [-0.2, -0.15) is 27.9 Å². The van der Waals surface area contributed by atoms with E-state index in [1.807, 2.05) is 0 Å². The molecule has 9 aliphatic heterocycles. The third kappa shape index (κ3) is 21.2. The number of morpholine rings is 3. The molecule has 9 aromatic heterocycles. The molecule has 18 rings (SSSR count). The zero-order valence-electron chi connectivity index (χ0n) is 75.5. The first kappa shape index (κ1) is 108. The topological polar surface area (TPSA) is 836 Å². The zero-order chi connectivity index (χ0) is 105. The molecule has 0 amide bonds. The van der Waals surface area contributed by atoms with E-state index in [4.69, 9.17) is 165 Å². The predicted molar refractivity (Wildman–Crippen MR) is 517 cm³/mol. The summed E-state index contributed by atoms with van der Waals surface area (Å²) in [6.45, 7) is -33.6. The van der Waals surface area contributed by atoms with E-state index < -0.39 is 315 Å². The van der Waals surface area contributed by atoms with Crippen molar-refractivity contribution >= 4 is 199 Å². The number of aromatic nitrogens is 18. The second-order valence-corrected chi connectivity index (χ2v) is 57.6. The lowest BCUT2D eigenvalue weighted by Gasteiger charge is -2.37. The van der Waals surface area contributed by atoms with Gasteiger partial charge in [-0.1, -0.05) is 12.2 Å². The fourth-order valence-electron chi connectivity index (χ4n) is 18.7. The number of aryl methyl sites for hydroxylation is 3. The van der Waals surface area contributed by atoms with E-state index in [0.29, 0.717) is 0 Å². The van der Waals surface area contributed by atoms with Crippen LogP contribution in [0.4, 0.5) is 23.5 Å². The standard InChI is InChI=1S/C67H89N25O38P6S9/c1-27-11-86(62(98)77-48(27)68)57-43-46(66(123-57,18-91(43)144(6,109)110)21-117-135(105,141)128-45-42-59(122-65(45,20-93)17-90(42)143(5,107)108)89-26-76-41-52(89)79-61(71)81-56(41)97)130-136(106,142)118-22-67-19-92(145(7,111)112)44(58(124-67)88-25-74-39-49(69)72-23-73-50(39)88)47(67)129-134(104,140)116-16-35-32(10-38(121-35)87-24-75-40-51(87)78-60(70)80-55(40)96)127-133(103,139)115-15-34-31(9-37(120-34)85-13-29(3)54(95)83-64(85)100)126-132(102,138)114-14-33-30(125-131(101,137)113-4)8-36(119-33)84-12-28(2)53(94)82-63(84)99/h11-13,23-26,30-38,42-47,57-59,93H,8-10,14-22H2,1-7H3,(H,101,137)(H,102,138)(H,103,139)(H,104,140)(H,105,141)(H,106,142)(H2,68,77,98)(H2,69,72,73)(H,82,94,99)(H,83,95,100)(H3,70,78,80,96)(H3,71,79,81,97)/t30?,31?,32?,33-,34-,35-,36-,37-,38-,42+,43+,44+,45?,46?,47?,57-,58-,59-,65-,66-,67-,131?,132?,133?,134?,135?,136?/m1/s1. The molecule has 145 heavy (non-hydrogen) atoms. The number of aliphatic hydroxyl groups is 1. The molecule has 9 aromatic rings. The van der Waals surface area contributed by atoms with Gasteiger partial charge in [-0.25, -0.2) is 69.1 Å². The Hall–Kier alpha value is -6.71. The molecule has 18 N–H and O–H groups in total. The van der Waals surface area contributed by atoms with Crippen molar-refractivity contribution in [3.05, 3.63) is 133 Å². The van der Waals surface area contributed by atoms with Crippen molar-refractivity contribution in [1.82, 2.24) is 100 Å². The van der Waals surface area contributed by atoms with Crippen LogP contribution in [0.15, 0.2) is 77.5 Å². The lowest BCUT2D eigenvalue weighted by Crippen LogP contribution is -2.51. The molecule has 27 atom stereocenters. The summed E-state index contributed by atoms with van der Waals surface area (Å²) in [5, 5.41) is 11.2. The number of aliphatic hydroxyl groups excluding tert-OH is 1. The molecule has 9 fully saturated rings. The number of nitrogen functional groups attached to an aromatic ring is 4. The van der Waals surface area contributed by atoms with E-state index in [2.05, 4.69) is 72.1 Å². The molecule has 63 nitrogen and oxygen atoms in total. The average Bonchev–Trinajstić information content (AvgIpc) is 1.54. The first-order valence-corrected chi connectivity index (χ1v) is 63.5. The number of nitrogens with one attached hydrogen (secondary N) is 4. The van der Waals surface area contributed by atoms with Gasteiger partial charge in [0.15, 0.2) is 52.5 Å². The largest absolute Gasteiger partial charge is 0.393 e. The molecule has 794 valence electrons. The summed E-state index contributed by atoms with van der Waals surface area (Å²) in [6.07, 6.45) is -15.1. The van der Waals surface area contributed by atoms with Gasteiger partial charge in [0, 0.05) is 81.3 Å². The van der Waals surface area contributed by atoms with Crippen LogP contribution in [0.1, 0.15) is 73.3 Å². The molecule has 0 radical (unpaired) electrons. The molecule has 12 unspecified atom stereocenters. The SMILES string of the molecule is COP(O)(=S)OC1C[C@H](n2cc(C)c(=O)[nH]c2=O)O[C@@H]1COP(O)(=S)OC1C[C@H](n2cc(C)c(=O)[nH]c2=O)O[C@@H]1COP(O)(=S)OC1C[C@H](n2cnc3c(=O)[nH]c(N)nc32)O[C@@H]1COP(O)(=S)OC1[C@H]2[C@H](n3cnc4c(N)ncnc43)O[C@@]1(COP(=O)(S)OC1[C@H]3[C@H](n4cc(C)c(N)nc4=O)O[C@@]1(COP(O)(=S)OC1[C@H]4[C@H](n5cnc6c(=O)[nH]c(N)nc65)O[C@@]1(CO)CN4S(C)(=O)=O)CN3S(C)(=O)=O)CN2S(C)(=O)=O. The van der Waals surface area contributed by atoms with Crippen LogP contribution in [0.3, 0.4) is 0 Å². The van der Waals surface area contributed by atoms with Crippen molar-refractivity contribution in [3.63, 3.8) is 0 Å². The van der Waals surface area contributed by atoms with E-state index >= 15 is 4.57 Å². The number of nitrogens with two attached hydrogens (primary N) is 4. The maximum atomic E-state index is 15.9. The highest BCUT2D eigenvalue weighted by atomic mass is 32.7.